The van der Waals surface area contributed by atoms with E-state index in [1.807, 2.05) is 31.2 Å². The van der Waals surface area contributed by atoms with Gasteiger partial charge in [0.25, 0.3) is 5.91 Å². The van der Waals surface area contributed by atoms with Crippen LogP contribution < -0.4 is 9.47 Å². The lowest BCUT2D eigenvalue weighted by atomic mass is 10.2. The number of ether oxygens (including phenoxy) is 2. The molecule has 3 aromatic rings. The predicted octanol–water partition coefficient (Wildman–Crippen LogP) is 4.67. The molecule has 0 aliphatic carbocycles. The van der Waals surface area contributed by atoms with E-state index in [-0.39, 0.29) is 24.1 Å². The minimum atomic E-state index is -0.325. The molecule has 0 saturated carbocycles. The van der Waals surface area contributed by atoms with Crippen LogP contribution in [-0.4, -0.2) is 24.5 Å². The van der Waals surface area contributed by atoms with Crippen LogP contribution in [0.2, 0.25) is 0 Å². The smallest absolute Gasteiger partial charge is 0.289 e. The van der Waals surface area contributed by atoms with E-state index in [0.717, 1.165) is 11.3 Å². The zero-order chi connectivity index (χ0) is 19.9. The standard InChI is InChI=1S/C22H22FNO4/c1-3-26-18-8-4-16(5-9-18)14-24(2)22(25)21-13-12-20(28-21)15-27-19-10-6-17(23)7-11-19/h4-13H,3,14-15H2,1-2H3. The van der Waals surface area contributed by atoms with Gasteiger partial charge in [0.15, 0.2) is 5.76 Å². The molecule has 1 amide bonds. The van der Waals surface area contributed by atoms with Crippen LogP contribution in [-0.2, 0) is 13.2 Å². The van der Waals surface area contributed by atoms with Gasteiger partial charge in [0.2, 0.25) is 0 Å². The van der Waals surface area contributed by atoms with Gasteiger partial charge < -0.3 is 18.8 Å². The molecule has 0 spiro atoms. The number of hydrogen-bond donors (Lipinski definition) is 0. The van der Waals surface area contributed by atoms with Crippen LogP contribution >= 0.6 is 0 Å². The topological polar surface area (TPSA) is 51.9 Å². The molecular formula is C22H22FNO4. The summed E-state index contributed by atoms with van der Waals surface area (Å²) in [6.45, 7) is 3.15. The van der Waals surface area contributed by atoms with Crippen LogP contribution in [0.3, 0.4) is 0 Å². The van der Waals surface area contributed by atoms with Crippen molar-refractivity contribution in [3.8, 4) is 11.5 Å². The van der Waals surface area contributed by atoms with Crippen molar-refractivity contribution in [2.24, 2.45) is 0 Å². The Morgan fingerprint density at radius 1 is 0.964 bits per heavy atom. The normalized spacial score (nSPS) is 10.5. The summed E-state index contributed by atoms with van der Waals surface area (Å²) >= 11 is 0. The lowest BCUT2D eigenvalue weighted by molar-refractivity contribution is 0.0749. The number of nitrogens with zero attached hydrogens (tertiary/aromatic N) is 1. The van der Waals surface area contributed by atoms with E-state index in [0.29, 0.717) is 24.7 Å². The Kier molecular flexibility index (Phi) is 6.32. The van der Waals surface area contributed by atoms with Crippen molar-refractivity contribution >= 4 is 5.91 Å². The molecule has 1 heterocycles. The van der Waals surface area contributed by atoms with Crippen LogP contribution in [0.15, 0.2) is 65.1 Å². The molecule has 6 heteroatoms. The second-order valence-corrected chi connectivity index (χ2v) is 6.25. The van der Waals surface area contributed by atoms with Gasteiger partial charge in [-0.25, -0.2) is 4.39 Å². The summed E-state index contributed by atoms with van der Waals surface area (Å²) in [5, 5.41) is 0. The average Bonchev–Trinajstić information content (AvgIpc) is 3.17. The first kappa shape index (κ1) is 19.5. The third-order valence-corrected chi connectivity index (χ3v) is 4.07. The highest BCUT2D eigenvalue weighted by Gasteiger charge is 2.16. The Hall–Kier alpha value is -3.28. The number of rotatable bonds is 8. The predicted molar refractivity (Wildman–Crippen MR) is 103 cm³/mol. The highest BCUT2D eigenvalue weighted by Crippen LogP contribution is 2.17. The van der Waals surface area contributed by atoms with Gasteiger partial charge >= 0.3 is 0 Å². The Morgan fingerprint density at radius 3 is 2.29 bits per heavy atom. The first-order valence-corrected chi connectivity index (χ1v) is 8.99. The van der Waals surface area contributed by atoms with Crippen molar-refractivity contribution in [2.75, 3.05) is 13.7 Å². The van der Waals surface area contributed by atoms with E-state index in [1.54, 1.807) is 24.1 Å². The molecule has 0 bridgehead atoms. The molecule has 0 aliphatic heterocycles. The lowest BCUT2D eigenvalue weighted by Crippen LogP contribution is -2.25. The minimum absolute atomic E-state index is 0.154. The summed E-state index contributed by atoms with van der Waals surface area (Å²) in [5.74, 6) is 1.54. The van der Waals surface area contributed by atoms with E-state index in [9.17, 15) is 9.18 Å². The van der Waals surface area contributed by atoms with Crippen molar-refractivity contribution in [2.45, 2.75) is 20.1 Å². The highest BCUT2D eigenvalue weighted by atomic mass is 19.1. The van der Waals surface area contributed by atoms with E-state index in [1.165, 1.54) is 24.3 Å². The summed E-state index contributed by atoms with van der Waals surface area (Å²) in [5.41, 5.74) is 0.991. The van der Waals surface area contributed by atoms with Crippen LogP contribution in [0.4, 0.5) is 4.39 Å². The van der Waals surface area contributed by atoms with Crippen LogP contribution in [0.25, 0.3) is 0 Å². The number of furan rings is 1. The fraction of sp³-hybridized carbons (Fsp3) is 0.227. The monoisotopic (exact) mass is 383 g/mol. The molecule has 3 rings (SSSR count). The van der Waals surface area contributed by atoms with Crippen molar-refractivity contribution in [3.05, 3.63) is 83.6 Å². The third kappa shape index (κ3) is 5.13. The summed E-state index contributed by atoms with van der Waals surface area (Å²) in [6, 6.07) is 16.7. The number of benzene rings is 2. The minimum Gasteiger partial charge on any atom is -0.494 e. The molecule has 0 unspecified atom stereocenters. The maximum absolute atomic E-state index is 12.9. The number of halogens is 1. The second-order valence-electron chi connectivity index (χ2n) is 6.25. The van der Waals surface area contributed by atoms with Crippen LogP contribution in [0, 0.1) is 5.82 Å². The largest absolute Gasteiger partial charge is 0.494 e. The maximum atomic E-state index is 12.9. The van der Waals surface area contributed by atoms with Crippen molar-refractivity contribution in [3.63, 3.8) is 0 Å². The Bertz CT molecular complexity index is 903. The SMILES string of the molecule is CCOc1ccc(CN(C)C(=O)c2ccc(COc3ccc(F)cc3)o2)cc1. The number of amides is 1. The van der Waals surface area contributed by atoms with Crippen LogP contribution in [0.1, 0.15) is 28.8 Å². The summed E-state index contributed by atoms with van der Waals surface area (Å²) in [6.07, 6.45) is 0. The van der Waals surface area contributed by atoms with Crippen molar-refractivity contribution in [1.29, 1.82) is 0 Å². The number of carbonyl (C=O) groups excluding carboxylic acids is 1. The highest BCUT2D eigenvalue weighted by molar-refractivity contribution is 5.91. The van der Waals surface area contributed by atoms with E-state index < -0.39 is 0 Å². The van der Waals surface area contributed by atoms with Gasteiger partial charge in [-0.05, 0) is 61.0 Å². The molecule has 0 fully saturated rings. The second kappa shape index (κ2) is 9.08. The Morgan fingerprint density at radius 2 is 1.61 bits per heavy atom. The fourth-order valence-corrected chi connectivity index (χ4v) is 2.65. The van der Waals surface area contributed by atoms with Gasteiger partial charge in [0.1, 0.15) is 29.7 Å². The average molecular weight is 383 g/mol. The van der Waals surface area contributed by atoms with Gasteiger partial charge in [-0.3, -0.25) is 4.79 Å². The van der Waals surface area contributed by atoms with E-state index in [2.05, 4.69) is 0 Å². The van der Waals surface area contributed by atoms with Gasteiger partial charge in [0.05, 0.1) is 6.61 Å². The van der Waals surface area contributed by atoms with Crippen molar-refractivity contribution < 1.29 is 23.1 Å². The third-order valence-electron chi connectivity index (χ3n) is 4.07. The number of hydrogen-bond acceptors (Lipinski definition) is 4. The van der Waals surface area contributed by atoms with Gasteiger partial charge in [0, 0.05) is 13.6 Å². The molecule has 28 heavy (non-hydrogen) atoms. The van der Waals surface area contributed by atoms with Gasteiger partial charge in [-0.2, -0.15) is 0 Å². The molecule has 2 aromatic carbocycles. The molecule has 1 aromatic heterocycles. The molecule has 0 aliphatic rings. The van der Waals surface area contributed by atoms with E-state index in [4.69, 9.17) is 13.9 Å². The fourth-order valence-electron chi connectivity index (χ4n) is 2.65. The first-order chi connectivity index (χ1) is 13.5. The van der Waals surface area contributed by atoms with Gasteiger partial charge in [-0.1, -0.05) is 12.1 Å². The molecule has 0 N–H and O–H groups in total. The summed E-state index contributed by atoms with van der Waals surface area (Å²) in [4.78, 5) is 14.2. The number of carbonyl (C=O) groups is 1. The molecular weight excluding hydrogens is 361 g/mol. The van der Waals surface area contributed by atoms with E-state index >= 15 is 0 Å². The molecule has 146 valence electrons. The molecule has 0 radical (unpaired) electrons. The Balaban J connectivity index is 1.55. The Labute approximate surface area is 163 Å². The molecule has 5 nitrogen and oxygen atoms in total. The zero-order valence-corrected chi connectivity index (χ0v) is 15.9. The zero-order valence-electron chi connectivity index (χ0n) is 15.9. The molecule has 0 atom stereocenters. The summed E-state index contributed by atoms with van der Waals surface area (Å²) in [7, 11) is 1.72. The lowest BCUT2D eigenvalue weighted by Gasteiger charge is -2.16. The quantitative estimate of drug-likeness (QED) is 0.567. The van der Waals surface area contributed by atoms with Crippen molar-refractivity contribution in [1.82, 2.24) is 4.90 Å². The van der Waals surface area contributed by atoms with Crippen LogP contribution in [0.5, 0.6) is 11.5 Å². The maximum Gasteiger partial charge on any atom is 0.289 e. The van der Waals surface area contributed by atoms with Gasteiger partial charge in [-0.15, -0.1) is 0 Å². The molecule has 0 saturated heterocycles. The first-order valence-electron chi connectivity index (χ1n) is 8.99. The summed E-state index contributed by atoms with van der Waals surface area (Å²) < 4.78 is 29.4.